The van der Waals surface area contributed by atoms with E-state index >= 15 is 0 Å². The van der Waals surface area contributed by atoms with Crippen molar-refractivity contribution in [3.63, 3.8) is 0 Å². The molecule has 0 aromatic heterocycles. The second-order valence-electron chi connectivity index (χ2n) is 6.98. The van der Waals surface area contributed by atoms with Crippen molar-refractivity contribution >= 4 is 24.2 Å². The van der Waals surface area contributed by atoms with Gasteiger partial charge in [0.05, 0.1) is 0 Å². The third kappa shape index (κ3) is 6.20. The maximum absolute atomic E-state index is 12.1. The molecule has 3 N–H and O–H groups in total. The van der Waals surface area contributed by atoms with E-state index in [0.29, 0.717) is 17.7 Å². The van der Waals surface area contributed by atoms with E-state index in [-0.39, 0.29) is 35.7 Å². The summed E-state index contributed by atoms with van der Waals surface area (Å²) in [4.78, 5) is 24.1. The van der Waals surface area contributed by atoms with Crippen molar-refractivity contribution in [3.05, 3.63) is 35.4 Å². The monoisotopic (exact) mass is 339 g/mol. The smallest absolute Gasteiger partial charge is 0.251 e. The highest BCUT2D eigenvalue weighted by molar-refractivity contribution is 5.97. The zero-order chi connectivity index (χ0) is 16.2. The molecule has 5 nitrogen and oxygen atoms in total. The summed E-state index contributed by atoms with van der Waals surface area (Å²) in [5.41, 5.74) is 1.20. The van der Waals surface area contributed by atoms with E-state index in [1.54, 1.807) is 24.3 Å². The molecule has 6 heteroatoms. The average Bonchev–Trinajstić information content (AvgIpc) is 2.97. The SMILES string of the molecule is CC(C)(C)CNC(=O)c1ccc(C(=O)NC2CCNC2)cc1.Cl. The minimum Gasteiger partial charge on any atom is -0.352 e. The molecule has 0 bridgehead atoms. The van der Waals surface area contributed by atoms with E-state index in [0.717, 1.165) is 19.5 Å². The van der Waals surface area contributed by atoms with Crippen molar-refractivity contribution in [3.8, 4) is 0 Å². The molecular formula is C17H26ClN3O2. The van der Waals surface area contributed by atoms with Crippen LogP contribution in [-0.2, 0) is 0 Å². The fourth-order valence-corrected chi connectivity index (χ4v) is 2.27. The first-order chi connectivity index (χ1) is 10.3. The summed E-state index contributed by atoms with van der Waals surface area (Å²) in [5, 5.41) is 9.10. The number of rotatable bonds is 4. The first-order valence-electron chi connectivity index (χ1n) is 7.75. The van der Waals surface area contributed by atoms with Gasteiger partial charge in [0.15, 0.2) is 0 Å². The third-order valence-corrected chi connectivity index (χ3v) is 3.58. The Kier molecular flexibility index (Phi) is 7.03. The van der Waals surface area contributed by atoms with Gasteiger partial charge in [-0.05, 0) is 42.6 Å². The minimum atomic E-state index is -0.109. The van der Waals surface area contributed by atoms with Crippen molar-refractivity contribution < 1.29 is 9.59 Å². The Labute approximate surface area is 144 Å². The molecule has 1 heterocycles. The van der Waals surface area contributed by atoms with Gasteiger partial charge < -0.3 is 16.0 Å². The number of hydrogen-bond donors (Lipinski definition) is 3. The second-order valence-corrected chi connectivity index (χ2v) is 6.98. The van der Waals surface area contributed by atoms with Gasteiger partial charge in [-0.25, -0.2) is 0 Å². The van der Waals surface area contributed by atoms with Crippen LogP contribution in [0.1, 0.15) is 47.9 Å². The van der Waals surface area contributed by atoms with Gasteiger partial charge in [-0.15, -0.1) is 12.4 Å². The van der Waals surface area contributed by atoms with Gasteiger partial charge in [0.2, 0.25) is 0 Å². The van der Waals surface area contributed by atoms with Crippen molar-refractivity contribution in [2.45, 2.75) is 33.2 Å². The zero-order valence-electron chi connectivity index (χ0n) is 13.9. The molecule has 0 saturated carbocycles. The van der Waals surface area contributed by atoms with E-state index < -0.39 is 0 Å². The first-order valence-corrected chi connectivity index (χ1v) is 7.75. The van der Waals surface area contributed by atoms with Crippen LogP contribution in [0.15, 0.2) is 24.3 Å². The van der Waals surface area contributed by atoms with E-state index in [2.05, 4.69) is 36.7 Å². The van der Waals surface area contributed by atoms with Crippen molar-refractivity contribution in [1.82, 2.24) is 16.0 Å². The topological polar surface area (TPSA) is 70.2 Å². The predicted molar refractivity (Wildman–Crippen MR) is 94.2 cm³/mol. The van der Waals surface area contributed by atoms with Crippen LogP contribution in [0.2, 0.25) is 0 Å². The van der Waals surface area contributed by atoms with Gasteiger partial charge in [0.25, 0.3) is 11.8 Å². The molecule has 0 spiro atoms. The average molecular weight is 340 g/mol. The van der Waals surface area contributed by atoms with E-state index in [1.165, 1.54) is 0 Å². The minimum absolute atomic E-state index is 0. The molecule has 128 valence electrons. The number of nitrogens with one attached hydrogen (secondary N) is 3. The quantitative estimate of drug-likeness (QED) is 0.785. The number of carbonyl (C=O) groups excluding carboxylic acids is 2. The summed E-state index contributed by atoms with van der Waals surface area (Å²) < 4.78 is 0. The molecule has 0 radical (unpaired) electrons. The molecule has 1 saturated heterocycles. The number of benzene rings is 1. The molecule has 1 atom stereocenters. The predicted octanol–water partition coefficient (Wildman–Crippen LogP) is 1.98. The lowest BCUT2D eigenvalue weighted by atomic mass is 9.97. The standard InChI is InChI=1S/C17H25N3O2.ClH/c1-17(2,3)11-19-15(21)12-4-6-13(7-5-12)16(22)20-14-8-9-18-10-14;/h4-7,14,18H,8-11H2,1-3H3,(H,19,21)(H,20,22);1H. The molecule has 2 rings (SSSR count). The fraction of sp³-hybridized carbons (Fsp3) is 0.529. The fourth-order valence-electron chi connectivity index (χ4n) is 2.27. The molecule has 1 aromatic carbocycles. The van der Waals surface area contributed by atoms with Crippen molar-refractivity contribution in [1.29, 1.82) is 0 Å². The number of hydrogen-bond acceptors (Lipinski definition) is 3. The maximum Gasteiger partial charge on any atom is 0.251 e. The molecule has 1 aliphatic rings. The summed E-state index contributed by atoms with van der Waals surface area (Å²) in [6.07, 6.45) is 0.957. The van der Waals surface area contributed by atoms with E-state index in [4.69, 9.17) is 0 Å². The molecule has 1 aromatic rings. The molecule has 1 fully saturated rings. The summed E-state index contributed by atoms with van der Waals surface area (Å²) in [5.74, 6) is -0.197. The van der Waals surface area contributed by atoms with Gasteiger partial charge in [0, 0.05) is 30.3 Å². The maximum atomic E-state index is 12.1. The first kappa shape index (κ1) is 19.5. The lowest BCUT2D eigenvalue weighted by Gasteiger charge is -2.18. The van der Waals surface area contributed by atoms with E-state index in [9.17, 15) is 9.59 Å². The van der Waals surface area contributed by atoms with Gasteiger partial charge in [0.1, 0.15) is 0 Å². The van der Waals surface area contributed by atoms with Crippen LogP contribution < -0.4 is 16.0 Å². The summed E-state index contributed by atoms with van der Waals surface area (Å²) in [7, 11) is 0. The van der Waals surface area contributed by atoms with Crippen LogP contribution >= 0.6 is 12.4 Å². The van der Waals surface area contributed by atoms with Gasteiger partial charge in [-0.2, -0.15) is 0 Å². The Balaban J connectivity index is 0.00000264. The molecule has 2 amide bonds. The van der Waals surface area contributed by atoms with Crippen LogP contribution in [-0.4, -0.2) is 37.5 Å². The van der Waals surface area contributed by atoms with Crippen LogP contribution in [0, 0.1) is 5.41 Å². The molecule has 1 aliphatic heterocycles. The Bertz CT molecular complexity index is 532. The molecular weight excluding hydrogens is 314 g/mol. The third-order valence-electron chi connectivity index (χ3n) is 3.58. The van der Waals surface area contributed by atoms with Crippen LogP contribution in [0.25, 0.3) is 0 Å². The number of amides is 2. The molecule has 1 unspecified atom stereocenters. The van der Waals surface area contributed by atoms with Gasteiger partial charge >= 0.3 is 0 Å². The van der Waals surface area contributed by atoms with Crippen molar-refractivity contribution in [2.75, 3.05) is 19.6 Å². The highest BCUT2D eigenvalue weighted by Gasteiger charge is 2.18. The number of carbonyl (C=O) groups is 2. The molecule has 23 heavy (non-hydrogen) atoms. The van der Waals surface area contributed by atoms with E-state index in [1.807, 2.05) is 0 Å². The summed E-state index contributed by atoms with van der Waals surface area (Å²) in [6, 6.07) is 6.98. The highest BCUT2D eigenvalue weighted by Crippen LogP contribution is 2.11. The highest BCUT2D eigenvalue weighted by atomic mass is 35.5. The van der Waals surface area contributed by atoms with Crippen molar-refractivity contribution in [2.24, 2.45) is 5.41 Å². The van der Waals surface area contributed by atoms with Crippen LogP contribution in [0.3, 0.4) is 0 Å². The van der Waals surface area contributed by atoms with Crippen LogP contribution in [0.4, 0.5) is 0 Å². The Hall–Kier alpha value is -1.59. The Morgan fingerprint density at radius 3 is 2.17 bits per heavy atom. The van der Waals surface area contributed by atoms with Gasteiger partial charge in [-0.3, -0.25) is 9.59 Å². The lowest BCUT2D eigenvalue weighted by molar-refractivity contribution is 0.0928. The number of halogens is 1. The molecule has 0 aliphatic carbocycles. The lowest BCUT2D eigenvalue weighted by Crippen LogP contribution is -2.36. The second kappa shape index (κ2) is 8.31. The Morgan fingerprint density at radius 2 is 1.70 bits per heavy atom. The summed E-state index contributed by atoms with van der Waals surface area (Å²) >= 11 is 0. The largest absolute Gasteiger partial charge is 0.352 e. The van der Waals surface area contributed by atoms with Crippen LogP contribution in [0.5, 0.6) is 0 Å². The van der Waals surface area contributed by atoms with Gasteiger partial charge in [-0.1, -0.05) is 20.8 Å². The zero-order valence-corrected chi connectivity index (χ0v) is 14.8. The summed E-state index contributed by atoms with van der Waals surface area (Å²) in [6.45, 7) is 8.58. The Morgan fingerprint density at radius 1 is 1.13 bits per heavy atom. The normalized spacial score (nSPS) is 17.3.